The Morgan fingerprint density at radius 3 is 2.65 bits per heavy atom. The fraction of sp³-hybridized carbons (Fsp3) is 0.500. The number of hydrogen-bond acceptors (Lipinski definition) is 7. The number of benzene rings is 1. The van der Waals surface area contributed by atoms with Crippen LogP contribution in [0.1, 0.15) is 38.3 Å². The monoisotopic (exact) mass is 424 g/mol. The Kier molecular flexibility index (Phi) is 4.76. The maximum Gasteiger partial charge on any atom is 0.410 e. The molecule has 1 N–H and O–H groups in total. The van der Waals surface area contributed by atoms with Gasteiger partial charge in [0, 0.05) is 25.3 Å². The average Bonchev–Trinajstić information content (AvgIpc) is 2.69. The molecular weight excluding hydrogens is 400 g/mol. The third kappa shape index (κ3) is 3.42. The summed E-state index contributed by atoms with van der Waals surface area (Å²) in [5, 5.41) is 11.6. The number of imide groups is 1. The van der Waals surface area contributed by atoms with Crippen LogP contribution in [0.5, 0.6) is 0 Å². The molecule has 0 aliphatic carbocycles. The van der Waals surface area contributed by atoms with Gasteiger partial charge in [0.25, 0.3) is 0 Å². The molecule has 31 heavy (non-hydrogen) atoms. The highest BCUT2D eigenvalue weighted by Crippen LogP contribution is 2.45. The van der Waals surface area contributed by atoms with E-state index in [-0.39, 0.29) is 13.0 Å². The van der Waals surface area contributed by atoms with Crippen LogP contribution >= 0.6 is 0 Å². The Morgan fingerprint density at radius 2 is 2.00 bits per heavy atom. The van der Waals surface area contributed by atoms with Gasteiger partial charge in [0.1, 0.15) is 11.0 Å². The minimum absolute atomic E-state index is 0.0686. The van der Waals surface area contributed by atoms with Crippen molar-refractivity contribution < 1.29 is 23.9 Å². The number of nitrogens with zero attached hydrogens (tertiary/aromatic N) is 3. The van der Waals surface area contributed by atoms with Crippen molar-refractivity contribution in [2.75, 3.05) is 24.5 Å². The average molecular weight is 424 g/mol. The van der Waals surface area contributed by atoms with Crippen molar-refractivity contribution in [2.45, 2.75) is 45.3 Å². The maximum absolute atomic E-state index is 13.2. The van der Waals surface area contributed by atoms with Gasteiger partial charge in [-0.05, 0) is 51.0 Å². The van der Waals surface area contributed by atoms with E-state index in [1.807, 2.05) is 11.0 Å². The fourth-order valence-electron chi connectivity index (χ4n) is 4.71. The lowest BCUT2D eigenvalue weighted by Gasteiger charge is -2.54. The van der Waals surface area contributed by atoms with Crippen LogP contribution in [0.2, 0.25) is 0 Å². The number of piperazine rings is 1. The van der Waals surface area contributed by atoms with Crippen molar-refractivity contribution in [3.05, 3.63) is 29.3 Å². The molecule has 9 nitrogen and oxygen atoms in total. The molecule has 0 bridgehead atoms. The van der Waals surface area contributed by atoms with Crippen LogP contribution in [0.4, 0.5) is 10.5 Å². The fourth-order valence-corrected chi connectivity index (χ4v) is 4.71. The Morgan fingerprint density at radius 1 is 1.26 bits per heavy atom. The molecular formula is C22H24N4O5. The normalized spacial score (nSPS) is 25.5. The van der Waals surface area contributed by atoms with Gasteiger partial charge < -0.3 is 14.5 Å². The van der Waals surface area contributed by atoms with E-state index in [1.165, 1.54) is 4.90 Å². The summed E-state index contributed by atoms with van der Waals surface area (Å²) in [6.45, 7) is 6.18. The van der Waals surface area contributed by atoms with Crippen molar-refractivity contribution in [1.29, 1.82) is 5.26 Å². The minimum Gasteiger partial charge on any atom is -0.444 e. The summed E-state index contributed by atoms with van der Waals surface area (Å²) in [5.41, 5.74) is -0.229. The minimum atomic E-state index is -1.52. The highest BCUT2D eigenvalue weighted by molar-refractivity contribution is 6.22. The van der Waals surface area contributed by atoms with Gasteiger partial charge in [-0.2, -0.15) is 5.26 Å². The predicted octanol–water partition coefficient (Wildman–Crippen LogP) is 1.14. The quantitative estimate of drug-likeness (QED) is 0.490. The molecule has 3 heterocycles. The molecule has 9 heteroatoms. The zero-order valence-electron chi connectivity index (χ0n) is 17.7. The van der Waals surface area contributed by atoms with E-state index in [9.17, 15) is 24.4 Å². The van der Waals surface area contributed by atoms with Crippen LogP contribution in [0.3, 0.4) is 0 Å². The molecule has 162 valence electrons. The van der Waals surface area contributed by atoms with Crippen molar-refractivity contribution in [2.24, 2.45) is 5.41 Å². The van der Waals surface area contributed by atoms with Gasteiger partial charge in [-0.25, -0.2) is 4.79 Å². The molecule has 4 rings (SSSR count). The molecule has 3 aliphatic heterocycles. The first-order chi connectivity index (χ1) is 14.5. The van der Waals surface area contributed by atoms with E-state index in [2.05, 4.69) is 11.4 Å². The lowest BCUT2D eigenvalue weighted by Crippen LogP contribution is -2.71. The highest BCUT2D eigenvalue weighted by atomic mass is 16.6. The predicted molar refractivity (Wildman–Crippen MR) is 109 cm³/mol. The summed E-state index contributed by atoms with van der Waals surface area (Å²) in [6.07, 6.45) is -0.831. The number of hydrogen-bond donors (Lipinski definition) is 1. The van der Waals surface area contributed by atoms with Gasteiger partial charge in [-0.3, -0.25) is 19.7 Å². The first kappa shape index (κ1) is 20.8. The number of ether oxygens (including phenoxy) is 1. The molecule has 0 radical (unpaired) electrons. The summed E-state index contributed by atoms with van der Waals surface area (Å²) < 4.78 is 5.50. The smallest absolute Gasteiger partial charge is 0.410 e. The van der Waals surface area contributed by atoms with Gasteiger partial charge in [-0.1, -0.05) is 0 Å². The number of anilines is 1. The molecule has 2 atom stereocenters. The molecule has 1 aromatic carbocycles. The van der Waals surface area contributed by atoms with Crippen LogP contribution in [-0.4, -0.2) is 59.9 Å². The molecule has 0 aromatic heterocycles. The van der Waals surface area contributed by atoms with E-state index in [0.29, 0.717) is 24.2 Å². The van der Waals surface area contributed by atoms with Crippen molar-refractivity contribution in [3.8, 4) is 6.07 Å². The summed E-state index contributed by atoms with van der Waals surface area (Å²) in [7, 11) is 0. The number of nitriles is 1. The highest BCUT2D eigenvalue weighted by Gasteiger charge is 2.60. The number of piperidine rings is 1. The largest absolute Gasteiger partial charge is 0.444 e. The van der Waals surface area contributed by atoms with Gasteiger partial charge >= 0.3 is 6.09 Å². The Balaban J connectivity index is 1.77. The number of fused-ring (bicyclic) bond motifs is 4. The summed E-state index contributed by atoms with van der Waals surface area (Å²) in [5.74, 6) is -1.73. The van der Waals surface area contributed by atoms with Crippen LogP contribution in [0, 0.1) is 16.7 Å². The van der Waals surface area contributed by atoms with Crippen molar-refractivity contribution in [3.63, 3.8) is 0 Å². The second-order valence-corrected chi connectivity index (χ2v) is 9.22. The first-order valence-electron chi connectivity index (χ1n) is 10.2. The van der Waals surface area contributed by atoms with Crippen LogP contribution in [0.15, 0.2) is 18.2 Å². The molecule has 2 unspecified atom stereocenters. The van der Waals surface area contributed by atoms with Gasteiger partial charge in [0.05, 0.1) is 24.1 Å². The lowest BCUT2D eigenvalue weighted by atomic mass is 9.64. The SMILES string of the molecule is CC(C)(C)OC(=O)N1CCN2c3ccc(C#N)cc3CC3(C(=O)CC(=O)NC3=O)C2C1. The Hall–Kier alpha value is -3.41. The number of amides is 3. The zero-order chi connectivity index (χ0) is 22.6. The lowest BCUT2D eigenvalue weighted by molar-refractivity contribution is -0.153. The van der Waals surface area contributed by atoms with Gasteiger partial charge in [0.15, 0.2) is 5.78 Å². The molecule has 2 saturated heterocycles. The van der Waals surface area contributed by atoms with Gasteiger partial charge in [0.2, 0.25) is 11.8 Å². The number of nitrogens with one attached hydrogen (secondary N) is 1. The number of Topliss-reactive ketones (excluding diaryl/α,β-unsaturated/α-hetero) is 1. The zero-order valence-corrected chi connectivity index (χ0v) is 17.7. The van der Waals surface area contributed by atoms with Crippen LogP contribution in [-0.2, 0) is 25.5 Å². The van der Waals surface area contributed by atoms with E-state index in [0.717, 1.165) is 5.69 Å². The van der Waals surface area contributed by atoms with E-state index >= 15 is 0 Å². The second-order valence-electron chi connectivity index (χ2n) is 9.22. The van der Waals surface area contributed by atoms with E-state index < -0.39 is 47.2 Å². The molecule has 2 fully saturated rings. The standard InChI is InChI=1S/C22H24N4O5/c1-21(2,3)31-20(30)25-6-7-26-15-5-4-13(11-23)8-14(15)10-22(16(26)12-25)17(27)9-18(28)24-19(22)29/h4-5,8,16H,6-7,9-10,12H2,1-3H3,(H,24,28,29). The first-order valence-corrected chi connectivity index (χ1v) is 10.2. The summed E-state index contributed by atoms with van der Waals surface area (Å²) in [6, 6.07) is 6.64. The van der Waals surface area contributed by atoms with E-state index in [4.69, 9.17) is 4.74 Å². The third-order valence-electron chi connectivity index (χ3n) is 6.07. The Labute approximate surface area is 179 Å². The molecule has 1 spiro atoms. The molecule has 1 aromatic rings. The van der Waals surface area contributed by atoms with Crippen LogP contribution < -0.4 is 10.2 Å². The number of carbonyl (C=O) groups is 4. The second kappa shape index (κ2) is 7.08. The number of carbonyl (C=O) groups excluding carboxylic acids is 4. The molecule has 3 aliphatic rings. The van der Waals surface area contributed by atoms with Crippen LogP contribution in [0.25, 0.3) is 0 Å². The van der Waals surface area contributed by atoms with Crippen molar-refractivity contribution in [1.82, 2.24) is 10.2 Å². The summed E-state index contributed by atoms with van der Waals surface area (Å²) in [4.78, 5) is 54.4. The topological polar surface area (TPSA) is 120 Å². The summed E-state index contributed by atoms with van der Waals surface area (Å²) >= 11 is 0. The molecule has 3 amide bonds. The third-order valence-corrected chi connectivity index (χ3v) is 6.07. The maximum atomic E-state index is 13.2. The van der Waals surface area contributed by atoms with Crippen molar-refractivity contribution >= 4 is 29.4 Å². The molecule has 0 saturated carbocycles. The number of ketones is 1. The van der Waals surface area contributed by atoms with Gasteiger partial charge in [-0.15, -0.1) is 0 Å². The number of rotatable bonds is 0. The Bertz CT molecular complexity index is 1020. The van der Waals surface area contributed by atoms with E-state index in [1.54, 1.807) is 32.9 Å².